The minimum atomic E-state index is -4.85. The molecule has 2 aromatic carbocycles. The third-order valence-corrected chi connectivity index (χ3v) is 5.22. The molecular formula is C18H18F3NO4S. The number of rotatable bonds is 6. The lowest BCUT2D eigenvalue weighted by Crippen LogP contribution is -2.19. The van der Waals surface area contributed by atoms with Gasteiger partial charge in [-0.15, -0.1) is 13.2 Å². The Balaban J connectivity index is 2.29. The molecule has 0 aliphatic carbocycles. The molecule has 0 radical (unpaired) electrons. The number of ether oxygens (including phenoxy) is 2. The summed E-state index contributed by atoms with van der Waals surface area (Å²) in [5.41, 5.74) is 0.997. The third kappa shape index (κ3) is 5.46. The van der Waals surface area contributed by atoms with Crippen molar-refractivity contribution in [2.75, 3.05) is 6.61 Å². The maximum atomic E-state index is 12.7. The Morgan fingerprint density at radius 2 is 1.85 bits per heavy atom. The summed E-state index contributed by atoms with van der Waals surface area (Å²) < 4.78 is 71.6. The molecule has 146 valence electrons. The topological polar surface area (TPSA) is 76.5 Å². The molecule has 0 aromatic heterocycles. The number of halogens is 3. The highest BCUT2D eigenvalue weighted by atomic mass is 32.2. The van der Waals surface area contributed by atoms with E-state index in [-0.39, 0.29) is 29.2 Å². The monoisotopic (exact) mass is 401 g/mol. The maximum Gasteiger partial charge on any atom is 0.573 e. The van der Waals surface area contributed by atoms with Gasteiger partial charge in [0.25, 0.3) is 0 Å². The molecule has 0 atom stereocenters. The van der Waals surface area contributed by atoms with Crippen LogP contribution in [0.5, 0.6) is 11.5 Å². The van der Waals surface area contributed by atoms with E-state index in [1.165, 1.54) is 18.2 Å². The van der Waals surface area contributed by atoms with Crippen LogP contribution in [0.1, 0.15) is 18.1 Å². The fourth-order valence-electron chi connectivity index (χ4n) is 2.37. The van der Waals surface area contributed by atoms with Gasteiger partial charge in [0.05, 0.1) is 6.61 Å². The van der Waals surface area contributed by atoms with Gasteiger partial charge in [0.1, 0.15) is 21.4 Å². The van der Waals surface area contributed by atoms with Crippen molar-refractivity contribution in [2.24, 2.45) is 0 Å². The standard InChI is InChI=1S/C18H18F3NO4S/c1-3-25-15-9-12(2)7-8-16(15)27(23,24)17(22)11-13-5-4-6-14(10-13)26-18(19,20)21/h4-10,22H,3,11H2,1-2H3. The number of alkyl halides is 3. The van der Waals surface area contributed by atoms with E-state index in [0.717, 1.165) is 17.7 Å². The van der Waals surface area contributed by atoms with Gasteiger partial charge in [-0.25, -0.2) is 8.42 Å². The predicted octanol–water partition coefficient (Wildman–Crippen LogP) is 4.29. The second-order valence-corrected chi connectivity index (χ2v) is 7.62. The van der Waals surface area contributed by atoms with Crippen molar-refractivity contribution in [2.45, 2.75) is 31.5 Å². The van der Waals surface area contributed by atoms with Gasteiger partial charge in [-0.3, -0.25) is 5.41 Å². The maximum absolute atomic E-state index is 12.7. The van der Waals surface area contributed by atoms with Crippen molar-refractivity contribution in [3.05, 3.63) is 53.6 Å². The number of hydrogen-bond donors (Lipinski definition) is 1. The largest absolute Gasteiger partial charge is 0.573 e. The summed E-state index contributed by atoms with van der Waals surface area (Å²) >= 11 is 0. The van der Waals surface area contributed by atoms with Crippen LogP contribution in [0.3, 0.4) is 0 Å². The first-order valence-electron chi connectivity index (χ1n) is 7.93. The molecule has 0 fully saturated rings. The molecule has 0 spiro atoms. The van der Waals surface area contributed by atoms with Gasteiger partial charge in [0, 0.05) is 6.42 Å². The van der Waals surface area contributed by atoms with E-state index in [1.54, 1.807) is 26.0 Å². The highest BCUT2D eigenvalue weighted by Crippen LogP contribution is 2.28. The summed E-state index contributed by atoms with van der Waals surface area (Å²) in [5.74, 6) is -0.341. The van der Waals surface area contributed by atoms with E-state index >= 15 is 0 Å². The van der Waals surface area contributed by atoms with Crippen LogP contribution in [-0.4, -0.2) is 26.4 Å². The number of nitrogens with one attached hydrogen (secondary N) is 1. The van der Waals surface area contributed by atoms with E-state index in [2.05, 4.69) is 4.74 Å². The van der Waals surface area contributed by atoms with Gasteiger partial charge in [-0.1, -0.05) is 18.2 Å². The van der Waals surface area contributed by atoms with Crippen LogP contribution < -0.4 is 9.47 Å². The van der Waals surface area contributed by atoms with E-state index < -0.39 is 27.0 Å². The quantitative estimate of drug-likeness (QED) is 0.579. The molecular weight excluding hydrogens is 383 g/mol. The van der Waals surface area contributed by atoms with Crippen molar-refractivity contribution < 1.29 is 31.1 Å². The third-order valence-electron chi connectivity index (χ3n) is 3.51. The number of aryl methyl sites for hydroxylation is 1. The number of benzene rings is 2. The van der Waals surface area contributed by atoms with E-state index in [9.17, 15) is 21.6 Å². The zero-order chi connectivity index (χ0) is 20.2. The molecule has 0 aliphatic rings. The molecule has 0 unspecified atom stereocenters. The molecule has 27 heavy (non-hydrogen) atoms. The highest BCUT2D eigenvalue weighted by molar-refractivity contribution is 8.06. The predicted molar refractivity (Wildman–Crippen MR) is 94.1 cm³/mol. The number of sulfone groups is 1. The van der Waals surface area contributed by atoms with Crippen molar-refractivity contribution in [3.63, 3.8) is 0 Å². The van der Waals surface area contributed by atoms with E-state index in [0.29, 0.717) is 0 Å². The van der Waals surface area contributed by atoms with Gasteiger partial charge >= 0.3 is 6.36 Å². The van der Waals surface area contributed by atoms with Crippen molar-refractivity contribution in [1.29, 1.82) is 5.41 Å². The lowest BCUT2D eigenvalue weighted by molar-refractivity contribution is -0.274. The van der Waals surface area contributed by atoms with Crippen LogP contribution in [0.25, 0.3) is 0 Å². The number of hydrogen-bond acceptors (Lipinski definition) is 5. The van der Waals surface area contributed by atoms with E-state index in [1.807, 2.05) is 0 Å². The van der Waals surface area contributed by atoms with E-state index in [4.69, 9.17) is 10.1 Å². The molecule has 1 N–H and O–H groups in total. The molecule has 0 saturated carbocycles. The molecule has 2 rings (SSSR count). The highest BCUT2D eigenvalue weighted by Gasteiger charge is 2.31. The Morgan fingerprint density at radius 1 is 1.15 bits per heavy atom. The Hall–Kier alpha value is -2.55. The zero-order valence-electron chi connectivity index (χ0n) is 14.6. The first-order valence-corrected chi connectivity index (χ1v) is 9.42. The minimum Gasteiger partial charge on any atom is -0.492 e. The van der Waals surface area contributed by atoms with Crippen LogP contribution in [0.2, 0.25) is 0 Å². The van der Waals surface area contributed by atoms with Gasteiger partial charge in [0.2, 0.25) is 9.84 Å². The zero-order valence-corrected chi connectivity index (χ0v) is 15.4. The summed E-state index contributed by atoms with van der Waals surface area (Å²) in [6, 6.07) is 9.37. The second-order valence-electron chi connectivity index (χ2n) is 5.68. The Labute approximate surface area is 155 Å². The van der Waals surface area contributed by atoms with Crippen LogP contribution in [-0.2, 0) is 16.3 Å². The fourth-order valence-corrected chi connectivity index (χ4v) is 3.62. The van der Waals surface area contributed by atoms with Gasteiger partial charge in [0.15, 0.2) is 0 Å². The molecule has 0 aliphatic heterocycles. The fraction of sp³-hybridized carbons (Fsp3) is 0.278. The molecule has 0 heterocycles. The lowest BCUT2D eigenvalue weighted by Gasteiger charge is -2.13. The first kappa shape index (κ1) is 20.8. The van der Waals surface area contributed by atoms with Gasteiger partial charge in [-0.2, -0.15) is 0 Å². The average molecular weight is 401 g/mol. The first-order chi connectivity index (χ1) is 12.5. The van der Waals surface area contributed by atoms with Gasteiger partial charge < -0.3 is 9.47 Å². The molecule has 9 heteroatoms. The second kappa shape index (κ2) is 7.99. The van der Waals surface area contributed by atoms with Crippen LogP contribution in [0.4, 0.5) is 13.2 Å². The van der Waals surface area contributed by atoms with Crippen LogP contribution in [0, 0.1) is 12.3 Å². The van der Waals surface area contributed by atoms with Crippen LogP contribution in [0.15, 0.2) is 47.4 Å². The smallest absolute Gasteiger partial charge is 0.492 e. The van der Waals surface area contributed by atoms with Gasteiger partial charge in [-0.05, 0) is 49.2 Å². The minimum absolute atomic E-state index is 0.136. The Morgan fingerprint density at radius 3 is 2.48 bits per heavy atom. The normalized spacial score (nSPS) is 11.9. The SMILES string of the molecule is CCOc1cc(C)ccc1S(=O)(=O)C(=N)Cc1cccc(OC(F)(F)F)c1. The van der Waals surface area contributed by atoms with Crippen molar-refractivity contribution >= 4 is 14.9 Å². The Kier molecular flexibility index (Phi) is 6.15. The molecule has 0 saturated heterocycles. The summed E-state index contributed by atoms with van der Waals surface area (Å²) in [6.45, 7) is 3.72. The summed E-state index contributed by atoms with van der Waals surface area (Å²) in [5, 5.41) is 7.34. The van der Waals surface area contributed by atoms with Crippen molar-refractivity contribution in [3.8, 4) is 11.5 Å². The summed E-state index contributed by atoms with van der Waals surface area (Å²) in [7, 11) is -4.16. The summed E-state index contributed by atoms with van der Waals surface area (Å²) in [6.07, 6.45) is -5.23. The molecule has 0 amide bonds. The molecule has 0 bridgehead atoms. The Bertz CT molecular complexity index is 940. The van der Waals surface area contributed by atoms with Crippen LogP contribution >= 0.6 is 0 Å². The summed E-state index contributed by atoms with van der Waals surface area (Å²) in [4.78, 5) is -0.150. The lowest BCUT2D eigenvalue weighted by atomic mass is 10.1. The molecule has 5 nitrogen and oxygen atoms in total. The molecule has 2 aromatic rings. The average Bonchev–Trinajstić information content (AvgIpc) is 2.53. The van der Waals surface area contributed by atoms with Crippen molar-refractivity contribution in [1.82, 2.24) is 0 Å².